The van der Waals surface area contributed by atoms with Crippen LogP contribution in [0.15, 0.2) is 39.2 Å². The maximum atomic E-state index is 9.24. The van der Waals surface area contributed by atoms with Crippen molar-refractivity contribution in [3.8, 4) is 23.5 Å². The van der Waals surface area contributed by atoms with Crippen LogP contribution < -0.4 is 10.1 Å². The predicted octanol–water partition coefficient (Wildman–Crippen LogP) is 5.07. The minimum atomic E-state index is 0.218. The van der Waals surface area contributed by atoms with Gasteiger partial charge in [0.2, 0.25) is 11.6 Å². The van der Waals surface area contributed by atoms with Crippen LogP contribution in [0.1, 0.15) is 36.4 Å². The molecule has 2 aromatic heterocycles. The highest BCUT2D eigenvalue weighted by Gasteiger charge is 2.17. The van der Waals surface area contributed by atoms with E-state index in [2.05, 4.69) is 31.1 Å². The van der Waals surface area contributed by atoms with Crippen LogP contribution in [0.3, 0.4) is 0 Å². The number of ether oxygens (including phenoxy) is 1. The summed E-state index contributed by atoms with van der Waals surface area (Å²) in [6, 6.07) is 11.6. The Balaban J connectivity index is 1.70. The molecule has 0 spiro atoms. The van der Waals surface area contributed by atoms with Gasteiger partial charge in [0.25, 0.3) is 5.89 Å². The van der Waals surface area contributed by atoms with Gasteiger partial charge in [-0.25, -0.2) is 0 Å². The molecular formula is C21H23N3O3. The number of hydrogen-bond donors (Lipinski definition) is 1. The van der Waals surface area contributed by atoms with Gasteiger partial charge in [-0.2, -0.15) is 10.2 Å². The van der Waals surface area contributed by atoms with Gasteiger partial charge >= 0.3 is 0 Å². The molecule has 0 saturated heterocycles. The Morgan fingerprint density at radius 2 is 1.96 bits per heavy atom. The van der Waals surface area contributed by atoms with Crippen molar-refractivity contribution in [3.63, 3.8) is 0 Å². The van der Waals surface area contributed by atoms with Crippen LogP contribution in [0, 0.1) is 31.1 Å². The van der Waals surface area contributed by atoms with Crippen LogP contribution in [0.5, 0.6) is 5.75 Å². The van der Waals surface area contributed by atoms with Crippen LogP contribution in [0.25, 0.3) is 11.7 Å². The Hall–Kier alpha value is -3.20. The van der Waals surface area contributed by atoms with E-state index < -0.39 is 0 Å². The molecule has 0 unspecified atom stereocenters. The van der Waals surface area contributed by atoms with E-state index in [0.717, 1.165) is 5.75 Å². The number of anilines is 1. The SMILES string of the molecule is Cc1ccc(OCc2ccc(-c3nc(C#N)c(NCC(C)C)o3)o2)cc1C. The molecule has 0 radical (unpaired) electrons. The first-order valence-corrected chi connectivity index (χ1v) is 8.90. The highest BCUT2D eigenvalue weighted by atomic mass is 16.5. The molecule has 0 fully saturated rings. The fourth-order valence-corrected chi connectivity index (χ4v) is 2.45. The van der Waals surface area contributed by atoms with Gasteiger partial charge in [-0.05, 0) is 55.2 Å². The molecule has 0 aliphatic rings. The van der Waals surface area contributed by atoms with Crippen molar-refractivity contribution < 1.29 is 13.6 Å². The van der Waals surface area contributed by atoms with E-state index >= 15 is 0 Å². The third-order valence-electron chi connectivity index (χ3n) is 4.14. The van der Waals surface area contributed by atoms with E-state index in [0.29, 0.717) is 36.5 Å². The maximum Gasteiger partial charge on any atom is 0.266 e. The smallest absolute Gasteiger partial charge is 0.266 e. The summed E-state index contributed by atoms with van der Waals surface area (Å²) >= 11 is 0. The summed E-state index contributed by atoms with van der Waals surface area (Å²) in [5.41, 5.74) is 2.62. The third-order valence-corrected chi connectivity index (χ3v) is 4.14. The maximum absolute atomic E-state index is 9.24. The highest BCUT2D eigenvalue weighted by Crippen LogP contribution is 2.27. The molecule has 0 amide bonds. The normalized spacial score (nSPS) is 10.8. The molecule has 2 heterocycles. The lowest BCUT2D eigenvalue weighted by molar-refractivity contribution is 0.271. The Bertz CT molecular complexity index is 963. The van der Waals surface area contributed by atoms with Gasteiger partial charge in [0.15, 0.2) is 5.76 Å². The second-order valence-electron chi connectivity index (χ2n) is 6.88. The van der Waals surface area contributed by atoms with E-state index in [1.54, 1.807) is 6.07 Å². The summed E-state index contributed by atoms with van der Waals surface area (Å²) in [6.07, 6.45) is 0. The lowest BCUT2D eigenvalue weighted by atomic mass is 10.1. The zero-order chi connectivity index (χ0) is 19.4. The van der Waals surface area contributed by atoms with Crippen molar-refractivity contribution in [2.24, 2.45) is 5.92 Å². The first-order valence-electron chi connectivity index (χ1n) is 8.90. The minimum absolute atomic E-state index is 0.218. The average molecular weight is 365 g/mol. The van der Waals surface area contributed by atoms with E-state index in [4.69, 9.17) is 13.6 Å². The van der Waals surface area contributed by atoms with Crippen molar-refractivity contribution >= 4 is 5.88 Å². The van der Waals surface area contributed by atoms with E-state index in [1.807, 2.05) is 37.3 Å². The van der Waals surface area contributed by atoms with Gasteiger partial charge in [0, 0.05) is 6.54 Å². The van der Waals surface area contributed by atoms with E-state index in [-0.39, 0.29) is 11.6 Å². The number of rotatable bonds is 7. The third kappa shape index (κ3) is 4.50. The fraction of sp³-hybridized carbons (Fsp3) is 0.333. The quantitative estimate of drug-likeness (QED) is 0.629. The predicted molar refractivity (Wildman–Crippen MR) is 102 cm³/mol. The average Bonchev–Trinajstić information content (AvgIpc) is 3.27. The van der Waals surface area contributed by atoms with Crippen LogP contribution >= 0.6 is 0 Å². The summed E-state index contributed by atoms with van der Waals surface area (Å²) in [6.45, 7) is 9.25. The zero-order valence-electron chi connectivity index (χ0n) is 16.0. The highest BCUT2D eigenvalue weighted by molar-refractivity contribution is 5.54. The van der Waals surface area contributed by atoms with Crippen LogP contribution in [0.2, 0.25) is 0 Å². The molecule has 1 N–H and O–H groups in total. The molecule has 140 valence electrons. The van der Waals surface area contributed by atoms with Crippen LogP contribution in [-0.2, 0) is 6.61 Å². The van der Waals surface area contributed by atoms with E-state index in [1.165, 1.54) is 11.1 Å². The molecule has 3 rings (SSSR count). The van der Waals surface area contributed by atoms with Gasteiger partial charge in [0.1, 0.15) is 24.2 Å². The molecule has 1 aromatic carbocycles. The number of nitriles is 1. The first-order chi connectivity index (χ1) is 13.0. The summed E-state index contributed by atoms with van der Waals surface area (Å²) in [5, 5.41) is 12.3. The molecule has 3 aromatic rings. The monoisotopic (exact) mass is 365 g/mol. The molecule has 0 atom stereocenters. The number of nitrogens with zero attached hydrogens (tertiary/aromatic N) is 2. The second-order valence-corrected chi connectivity index (χ2v) is 6.88. The zero-order valence-corrected chi connectivity index (χ0v) is 16.0. The summed E-state index contributed by atoms with van der Waals surface area (Å²) < 4.78 is 17.2. The van der Waals surface area contributed by atoms with Gasteiger partial charge in [0.05, 0.1) is 0 Å². The summed E-state index contributed by atoms with van der Waals surface area (Å²) in [5.74, 6) is 2.96. The summed E-state index contributed by atoms with van der Waals surface area (Å²) in [4.78, 5) is 4.20. The standard InChI is InChI=1S/C21H23N3O3/c1-13(2)11-23-20-18(10-22)24-21(27-20)19-8-7-17(26-19)12-25-16-6-5-14(3)15(4)9-16/h5-9,13,23H,11-12H2,1-4H3. The Kier molecular flexibility index (Phi) is 5.51. The molecule has 0 bridgehead atoms. The molecule has 6 nitrogen and oxygen atoms in total. The number of nitrogens with one attached hydrogen (secondary N) is 1. The number of oxazole rings is 1. The van der Waals surface area contributed by atoms with Crippen molar-refractivity contribution in [1.29, 1.82) is 5.26 Å². The number of hydrogen-bond acceptors (Lipinski definition) is 6. The van der Waals surface area contributed by atoms with Crippen molar-refractivity contribution in [3.05, 3.63) is 52.9 Å². The molecule has 0 aliphatic carbocycles. The van der Waals surface area contributed by atoms with Gasteiger partial charge in [-0.15, -0.1) is 0 Å². The second kappa shape index (κ2) is 8.00. The topological polar surface area (TPSA) is 84.2 Å². The lowest BCUT2D eigenvalue weighted by Gasteiger charge is -2.06. The number of furan rings is 1. The van der Waals surface area contributed by atoms with Crippen LogP contribution in [-0.4, -0.2) is 11.5 Å². The van der Waals surface area contributed by atoms with Gasteiger partial charge in [-0.3, -0.25) is 0 Å². The van der Waals surface area contributed by atoms with Crippen molar-refractivity contribution in [1.82, 2.24) is 4.98 Å². The Labute approximate surface area is 158 Å². The lowest BCUT2D eigenvalue weighted by Crippen LogP contribution is -2.08. The number of aromatic nitrogens is 1. The first kappa shape index (κ1) is 18.6. The van der Waals surface area contributed by atoms with Gasteiger partial charge < -0.3 is 18.9 Å². The Morgan fingerprint density at radius 3 is 2.67 bits per heavy atom. The number of benzene rings is 1. The molecule has 0 saturated carbocycles. The van der Waals surface area contributed by atoms with Gasteiger partial charge in [-0.1, -0.05) is 19.9 Å². The fourth-order valence-electron chi connectivity index (χ4n) is 2.45. The summed E-state index contributed by atoms with van der Waals surface area (Å²) in [7, 11) is 0. The largest absolute Gasteiger partial charge is 0.486 e. The van der Waals surface area contributed by atoms with Crippen LogP contribution in [0.4, 0.5) is 5.88 Å². The molecule has 0 aliphatic heterocycles. The molecular weight excluding hydrogens is 342 g/mol. The molecule has 27 heavy (non-hydrogen) atoms. The number of aryl methyl sites for hydroxylation is 2. The van der Waals surface area contributed by atoms with Crippen molar-refractivity contribution in [2.75, 3.05) is 11.9 Å². The Morgan fingerprint density at radius 1 is 1.15 bits per heavy atom. The van der Waals surface area contributed by atoms with E-state index in [9.17, 15) is 5.26 Å². The van der Waals surface area contributed by atoms with Crippen molar-refractivity contribution in [2.45, 2.75) is 34.3 Å². The molecule has 6 heteroatoms. The minimum Gasteiger partial charge on any atom is -0.486 e.